The number of carbonyl (C=O) groups is 2. The molecule has 1 heterocycles. The molecule has 1 aliphatic carbocycles. The molecule has 156 valence electrons. The number of ether oxygens (including phenoxy) is 1. The Morgan fingerprint density at radius 2 is 1.97 bits per heavy atom. The Labute approximate surface area is 175 Å². The third-order valence-corrected chi connectivity index (χ3v) is 5.53. The van der Waals surface area contributed by atoms with Gasteiger partial charge in [0, 0.05) is 12.1 Å². The van der Waals surface area contributed by atoms with Crippen LogP contribution in [0.3, 0.4) is 0 Å². The molecule has 30 heavy (non-hydrogen) atoms. The van der Waals surface area contributed by atoms with Crippen LogP contribution in [0.1, 0.15) is 48.0 Å². The minimum absolute atomic E-state index is 0.0607. The van der Waals surface area contributed by atoms with Gasteiger partial charge in [-0.05, 0) is 68.0 Å². The summed E-state index contributed by atoms with van der Waals surface area (Å²) in [6.07, 6.45) is 7.88. The highest BCUT2D eigenvalue weighted by Crippen LogP contribution is 2.34. The van der Waals surface area contributed by atoms with E-state index >= 15 is 0 Å². The molecule has 1 N–H and O–H groups in total. The first-order chi connectivity index (χ1) is 14.6. The summed E-state index contributed by atoms with van der Waals surface area (Å²) in [5.74, 6) is -0.140. The van der Waals surface area contributed by atoms with Crippen LogP contribution in [-0.2, 0) is 11.3 Å². The van der Waals surface area contributed by atoms with Crippen molar-refractivity contribution < 1.29 is 18.7 Å². The summed E-state index contributed by atoms with van der Waals surface area (Å²) >= 11 is 0. The van der Waals surface area contributed by atoms with Crippen LogP contribution in [0.5, 0.6) is 5.75 Å². The quantitative estimate of drug-likeness (QED) is 0.722. The predicted molar refractivity (Wildman–Crippen MR) is 113 cm³/mol. The van der Waals surface area contributed by atoms with Gasteiger partial charge in [0.2, 0.25) is 0 Å². The number of allylic oxidation sites excluding steroid dienone is 1. The minimum atomic E-state index is -0.324. The topological polar surface area (TPSA) is 58.6 Å². The highest BCUT2D eigenvalue weighted by Gasteiger charge is 2.26. The Hall–Kier alpha value is -3.15. The molecule has 0 spiro atoms. The third kappa shape index (κ3) is 4.70. The number of carbonyl (C=O) groups excluding carboxylic acids is 2. The van der Waals surface area contributed by atoms with E-state index < -0.39 is 0 Å². The Balaban J connectivity index is 1.46. The molecular weight excluding hydrogens is 383 g/mol. The molecule has 4 rings (SSSR count). The fourth-order valence-corrected chi connectivity index (χ4v) is 3.86. The summed E-state index contributed by atoms with van der Waals surface area (Å²) in [4.78, 5) is 26.7. The Morgan fingerprint density at radius 3 is 2.73 bits per heavy atom. The van der Waals surface area contributed by atoms with E-state index in [0.29, 0.717) is 23.5 Å². The molecule has 0 unspecified atom stereocenters. The fraction of sp³-hybridized carbons (Fsp3) is 0.333. The fourth-order valence-electron chi connectivity index (χ4n) is 3.86. The largest absolute Gasteiger partial charge is 0.482 e. The van der Waals surface area contributed by atoms with Crippen molar-refractivity contribution in [1.82, 2.24) is 5.32 Å². The summed E-state index contributed by atoms with van der Waals surface area (Å²) in [5, 5.41) is 2.97. The number of hydrogen-bond donors (Lipinski definition) is 1. The van der Waals surface area contributed by atoms with Gasteiger partial charge in [-0.25, -0.2) is 4.39 Å². The van der Waals surface area contributed by atoms with Crippen LogP contribution in [0.25, 0.3) is 0 Å². The number of amides is 2. The zero-order chi connectivity index (χ0) is 20.9. The van der Waals surface area contributed by atoms with Gasteiger partial charge in [-0.2, -0.15) is 0 Å². The summed E-state index contributed by atoms with van der Waals surface area (Å²) in [5.41, 5.74) is 3.25. The average molecular weight is 408 g/mol. The minimum Gasteiger partial charge on any atom is -0.482 e. The van der Waals surface area contributed by atoms with Crippen LogP contribution in [0.2, 0.25) is 0 Å². The highest BCUT2D eigenvalue weighted by atomic mass is 19.1. The normalized spacial score (nSPS) is 15.8. The number of rotatable bonds is 6. The molecular formula is C24H25FN2O3. The molecule has 0 fully saturated rings. The second kappa shape index (κ2) is 9.11. The molecule has 2 aliphatic rings. The van der Waals surface area contributed by atoms with Crippen molar-refractivity contribution in [3.63, 3.8) is 0 Å². The SMILES string of the molecule is O=C(NCCC1=CCCCC1)c1ccc2c(c1)N(Cc1ccc(F)cc1)C(=O)CO2. The van der Waals surface area contributed by atoms with E-state index in [1.807, 2.05) is 0 Å². The lowest BCUT2D eigenvalue weighted by molar-refractivity contribution is -0.121. The van der Waals surface area contributed by atoms with Crippen LogP contribution in [0.4, 0.5) is 10.1 Å². The molecule has 0 atom stereocenters. The molecule has 2 amide bonds. The van der Waals surface area contributed by atoms with Crippen molar-refractivity contribution in [1.29, 1.82) is 0 Å². The molecule has 2 aromatic carbocycles. The van der Waals surface area contributed by atoms with E-state index in [9.17, 15) is 14.0 Å². The van der Waals surface area contributed by atoms with Crippen LogP contribution >= 0.6 is 0 Å². The maximum atomic E-state index is 13.2. The Kier molecular flexibility index (Phi) is 6.12. The molecule has 0 bridgehead atoms. The van der Waals surface area contributed by atoms with Gasteiger partial charge in [0.05, 0.1) is 12.2 Å². The standard InChI is InChI=1S/C24H25FN2O3/c25-20-9-6-18(7-10-20)15-27-21-14-19(8-11-22(21)30-16-23(27)28)24(29)26-13-12-17-4-2-1-3-5-17/h4,6-11,14H,1-3,5,12-13,15-16H2,(H,26,29). The molecule has 1 aliphatic heterocycles. The van der Waals surface area contributed by atoms with E-state index in [1.165, 1.54) is 30.5 Å². The van der Waals surface area contributed by atoms with Crippen LogP contribution in [0.15, 0.2) is 54.1 Å². The number of fused-ring (bicyclic) bond motifs is 1. The Bertz CT molecular complexity index is 969. The lowest BCUT2D eigenvalue weighted by Crippen LogP contribution is -2.38. The van der Waals surface area contributed by atoms with Gasteiger partial charge in [0.1, 0.15) is 11.6 Å². The van der Waals surface area contributed by atoms with Crippen LogP contribution < -0.4 is 15.0 Å². The van der Waals surface area contributed by atoms with E-state index in [4.69, 9.17) is 4.74 Å². The van der Waals surface area contributed by atoms with Crippen molar-refractivity contribution in [2.45, 2.75) is 38.6 Å². The van der Waals surface area contributed by atoms with Crippen molar-refractivity contribution in [3.05, 3.63) is 71.1 Å². The van der Waals surface area contributed by atoms with Gasteiger partial charge >= 0.3 is 0 Å². The van der Waals surface area contributed by atoms with Gasteiger partial charge in [-0.3, -0.25) is 9.59 Å². The van der Waals surface area contributed by atoms with E-state index in [2.05, 4.69) is 11.4 Å². The van der Waals surface area contributed by atoms with Crippen LogP contribution in [-0.4, -0.2) is 25.0 Å². The highest BCUT2D eigenvalue weighted by molar-refractivity contribution is 6.01. The number of benzene rings is 2. The number of nitrogens with zero attached hydrogens (tertiary/aromatic N) is 1. The van der Waals surface area contributed by atoms with Gasteiger partial charge in [0.25, 0.3) is 11.8 Å². The van der Waals surface area contributed by atoms with Crippen molar-refractivity contribution in [2.24, 2.45) is 0 Å². The summed E-state index contributed by atoms with van der Waals surface area (Å²) < 4.78 is 18.7. The average Bonchev–Trinajstić information content (AvgIpc) is 2.77. The molecule has 0 saturated heterocycles. The van der Waals surface area contributed by atoms with E-state index in [1.54, 1.807) is 35.2 Å². The lowest BCUT2D eigenvalue weighted by Gasteiger charge is -2.30. The first-order valence-electron chi connectivity index (χ1n) is 10.4. The zero-order valence-electron chi connectivity index (χ0n) is 16.8. The summed E-state index contributed by atoms with van der Waals surface area (Å²) in [7, 11) is 0. The first kappa shape index (κ1) is 20.1. The van der Waals surface area contributed by atoms with Crippen molar-refractivity contribution in [2.75, 3.05) is 18.1 Å². The number of halogens is 1. The lowest BCUT2D eigenvalue weighted by atomic mass is 9.97. The zero-order valence-corrected chi connectivity index (χ0v) is 16.8. The van der Waals surface area contributed by atoms with E-state index in [-0.39, 0.29) is 30.8 Å². The van der Waals surface area contributed by atoms with Gasteiger partial charge in [-0.1, -0.05) is 23.8 Å². The first-order valence-corrected chi connectivity index (χ1v) is 10.4. The molecule has 0 radical (unpaired) electrons. The molecule has 5 nitrogen and oxygen atoms in total. The van der Waals surface area contributed by atoms with Gasteiger partial charge in [0.15, 0.2) is 6.61 Å². The summed E-state index contributed by atoms with van der Waals surface area (Å²) in [6, 6.07) is 11.1. The molecule has 2 aromatic rings. The maximum absolute atomic E-state index is 13.2. The second-order valence-electron chi connectivity index (χ2n) is 7.69. The van der Waals surface area contributed by atoms with Crippen molar-refractivity contribution in [3.8, 4) is 5.75 Å². The molecule has 0 aromatic heterocycles. The maximum Gasteiger partial charge on any atom is 0.265 e. The number of nitrogens with one attached hydrogen (secondary N) is 1. The summed E-state index contributed by atoms with van der Waals surface area (Å²) in [6.45, 7) is 0.819. The second-order valence-corrected chi connectivity index (χ2v) is 7.69. The molecule has 6 heteroatoms. The molecule has 0 saturated carbocycles. The predicted octanol–water partition coefficient (Wildman–Crippen LogP) is 4.37. The number of hydrogen-bond acceptors (Lipinski definition) is 3. The third-order valence-electron chi connectivity index (χ3n) is 5.53. The monoisotopic (exact) mass is 408 g/mol. The smallest absolute Gasteiger partial charge is 0.265 e. The van der Waals surface area contributed by atoms with E-state index in [0.717, 1.165) is 24.8 Å². The Morgan fingerprint density at radius 1 is 1.13 bits per heavy atom. The van der Waals surface area contributed by atoms with Crippen LogP contribution in [0, 0.1) is 5.82 Å². The van der Waals surface area contributed by atoms with Crippen molar-refractivity contribution >= 4 is 17.5 Å². The van der Waals surface area contributed by atoms with Gasteiger partial charge < -0.3 is 15.0 Å². The van der Waals surface area contributed by atoms with Gasteiger partial charge in [-0.15, -0.1) is 0 Å². The number of anilines is 1.